The van der Waals surface area contributed by atoms with Crippen LogP contribution in [0.4, 0.5) is 8.78 Å². The number of rotatable bonds is 6. The van der Waals surface area contributed by atoms with Gasteiger partial charge in [0.2, 0.25) is 11.8 Å². The van der Waals surface area contributed by atoms with Gasteiger partial charge >= 0.3 is 0 Å². The third kappa shape index (κ3) is 5.12. The number of aromatic nitrogens is 1. The Balaban J connectivity index is 1.82. The van der Waals surface area contributed by atoms with Crippen molar-refractivity contribution in [1.29, 1.82) is 0 Å². The maximum atomic E-state index is 13.5. The predicted molar refractivity (Wildman–Crippen MR) is 83.8 cm³/mol. The van der Waals surface area contributed by atoms with Gasteiger partial charge in [-0.2, -0.15) is 0 Å². The number of likely N-dealkylation sites (N-methyl/N-ethyl adjacent to an activating group) is 1. The summed E-state index contributed by atoms with van der Waals surface area (Å²) in [5.74, 6) is -2.13. The van der Waals surface area contributed by atoms with Crippen molar-refractivity contribution in [1.82, 2.24) is 15.2 Å². The van der Waals surface area contributed by atoms with E-state index in [1.807, 2.05) is 6.07 Å². The molecule has 1 N–H and O–H groups in total. The molecule has 0 fully saturated rings. The molecule has 0 saturated carbocycles. The van der Waals surface area contributed by atoms with E-state index in [4.69, 9.17) is 0 Å². The lowest BCUT2D eigenvalue weighted by molar-refractivity contribution is -0.132. The zero-order valence-corrected chi connectivity index (χ0v) is 13.1. The number of halogens is 2. The van der Waals surface area contributed by atoms with E-state index in [2.05, 4.69) is 10.3 Å². The number of hydrogen-bond acceptors (Lipinski definition) is 3. The summed E-state index contributed by atoms with van der Waals surface area (Å²) in [6.45, 7) is 0.146. The SMILES string of the molecule is CN(Cc1cccnc1)C(=O)CNC(=O)Cc1cc(F)ccc1F. The molecule has 0 aliphatic carbocycles. The normalized spacial score (nSPS) is 10.3. The van der Waals surface area contributed by atoms with Crippen LogP contribution in [0.3, 0.4) is 0 Å². The Labute approximate surface area is 138 Å². The van der Waals surface area contributed by atoms with Gasteiger partial charge in [0.1, 0.15) is 11.6 Å². The molecule has 24 heavy (non-hydrogen) atoms. The van der Waals surface area contributed by atoms with E-state index in [1.54, 1.807) is 25.5 Å². The van der Waals surface area contributed by atoms with Crippen LogP contribution in [0, 0.1) is 11.6 Å². The van der Waals surface area contributed by atoms with Gasteiger partial charge in [-0.3, -0.25) is 14.6 Å². The molecule has 0 atom stereocenters. The van der Waals surface area contributed by atoms with E-state index in [0.29, 0.717) is 6.54 Å². The summed E-state index contributed by atoms with van der Waals surface area (Å²) in [5.41, 5.74) is 0.810. The third-order valence-corrected chi connectivity index (χ3v) is 3.36. The fraction of sp³-hybridized carbons (Fsp3) is 0.235. The van der Waals surface area contributed by atoms with Crippen molar-refractivity contribution in [2.45, 2.75) is 13.0 Å². The fourth-order valence-electron chi connectivity index (χ4n) is 2.08. The Morgan fingerprint density at radius 1 is 1.25 bits per heavy atom. The van der Waals surface area contributed by atoms with Crippen molar-refractivity contribution in [2.75, 3.05) is 13.6 Å². The molecule has 5 nitrogen and oxygen atoms in total. The van der Waals surface area contributed by atoms with E-state index in [9.17, 15) is 18.4 Å². The van der Waals surface area contributed by atoms with Crippen LogP contribution in [0.1, 0.15) is 11.1 Å². The Morgan fingerprint density at radius 2 is 2.04 bits per heavy atom. The second kappa shape index (κ2) is 8.14. The molecule has 0 unspecified atom stereocenters. The van der Waals surface area contributed by atoms with Gasteiger partial charge in [-0.25, -0.2) is 8.78 Å². The average Bonchev–Trinajstić information content (AvgIpc) is 2.57. The third-order valence-electron chi connectivity index (χ3n) is 3.36. The van der Waals surface area contributed by atoms with Crippen molar-refractivity contribution >= 4 is 11.8 Å². The highest BCUT2D eigenvalue weighted by molar-refractivity contribution is 5.85. The van der Waals surface area contributed by atoms with E-state index < -0.39 is 17.5 Å². The minimum Gasteiger partial charge on any atom is -0.347 e. The highest BCUT2D eigenvalue weighted by atomic mass is 19.1. The Bertz CT molecular complexity index is 723. The number of carbonyl (C=O) groups excluding carboxylic acids is 2. The van der Waals surface area contributed by atoms with Gasteiger partial charge < -0.3 is 10.2 Å². The largest absolute Gasteiger partial charge is 0.347 e. The molecule has 0 bridgehead atoms. The first-order chi connectivity index (χ1) is 11.5. The lowest BCUT2D eigenvalue weighted by atomic mass is 10.1. The van der Waals surface area contributed by atoms with Crippen LogP contribution in [-0.2, 0) is 22.6 Å². The molecule has 1 aromatic carbocycles. The number of carbonyl (C=O) groups is 2. The van der Waals surface area contributed by atoms with Gasteiger partial charge in [-0.05, 0) is 29.8 Å². The van der Waals surface area contributed by atoms with Crippen LogP contribution < -0.4 is 5.32 Å². The van der Waals surface area contributed by atoms with E-state index in [1.165, 1.54) is 4.90 Å². The molecule has 0 aliphatic heterocycles. The molecule has 1 aromatic heterocycles. The zero-order valence-electron chi connectivity index (χ0n) is 13.1. The number of amides is 2. The summed E-state index contributed by atoms with van der Waals surface area (Å²) in [6.07, 6.45) is 2.95. The lowest BCUT2D eigenvalue weighted by Gasteiger charge is -2.17. The molecule has 2 rings (SSSR count). The molecule has 0 saturated heterocycles. The number of hydrogen-bond donors (Lipinski definition) is 1. The first-order valence-electron chi connectivity index (χ1n) is 7.29. The summed E-state index contributed by atoms with van der Waals surface area (Å²) in [4.78, 5) is 29.2. The Kier molecular flexibility index (Phi) is 5.95. The molecule has 2 amide bonds. The molecule has 0 spiro atoms. The molecule has 2 aromatic rings. The smallest absolute Gasteiger partial charge is 0.242 e. The summed E-state index contributed by atoms with van der Waals surface area (Å²) >= 11 is 0. The first-order valence-corrected chi connectivity index (χ1v) is 7.29. The molecule has 7 heteroatoms. The first kappa shape index (κ1) is 17.5. The summed E-state index contributed by atoms with van der Waals surface area (Å²) in [7, 11) is 1.60. The van der Waals surface area contributed by atoms with Crippen molar-refractivity contribution in [3.05, 3.63) is 65.5 Å². The highest BCUT2D eigenvalue weighted by Crippen LogP contribution is 2.10. The van der Waals surface area contributed by atoms with Gasteiger partial charge in [0.05, 0.1) is 13.0 Å². The highest BCUT2D eigenvalue weighted by Gasteiger charge is 2.13. The molecule has 126 valence electrons. The molecule has 0 aliphatic rings. The minimum absolute atomic E-state index is 0.0522. The summed E-state index contributed by atoms with van der Waals surface area (Å²) < 4.78 is 26.5. The van der Waals surface area contributed by atoms with Gasteiger partial charge in [0, 0.05) is 31.5 Å². The van der Waals surface area contributed by atoms with Crippen LogP contribution in [0.15, 0.2) is 42.7 Å². The van der Waals surface area contributed by atoms with Crippen LogP contribution in [0.2, 0.25) is 0 Å². The quantitative estimate of drug-likeness (QED) is 0.875. The van der Waals surface area contributed by atoms with E-state index >= 15 is 0 Å². The van der Waals surface area contributed by atoms with Gasteiger partial charge in [0.15, 0.2) is 0 Å². The van der Waals surface area contributed by atoms with Crippen molar-refractivity contribution in [3.8, 4) is 0 Å². The standard InChI is InChI=1S/C17H17F2N3O2/c1-22(11-12-3-2-6-20-9-12)17(24)10-21-16(23)8-13-7-14(18)4-5-15(13)19/h2-7,9H,8,10-11H2,1H3,(H,21,23). The van der Waals surface area contributed by atoms with Crippen LogP contribution in [0.5, 0.6) is 0 Å². The van der Waals surface area contributed by atoms with Crippen LogP contribution in [0.25, 0.3) is 0 Å². The van der Waals surface area contributed by atoms with Crippen molar-refractivity contribution in [2.24, 2.45) is 0 Å². The maximum absolute atomic E-state index is 13.5. The summed E-state index contributed by atoms with van der Waals surface area (Å²) in [6, 6.07) is 6.51. The van der Waals surface area contributed by atoms with Crippen LogP contribution in [-0.4, -0.2) is 35.3 Å². The number of benzene rings is 1. The monoisotopic (exact) mass is 333 g/mol. The number of nitrogens with zero attached hydrogens (tertiary/aromatic N) is 2. The Hall–Kier alpha value is -2.83. The topological polar surface area (TPSA) is 62.3 Å². The molecule has 1 heterocycles. The van der Waals surface area contributed by atoms with Gasteiger partial charge in [-0.1, -0.05) is 6.07 Å². The van der Waals surface area contributed by atoms with Gasteiger partial charge in [-0.15, -0.1) is 0 Å². The maximum Gasteiger partial charge on any atom is 0.242 e. The second-order valence-electron chi connectivity index (χ2n) is 5.30. The predicted octanol–water partition coefficient (Wildman–Crippen LogP) is 1.68. The molecular formula is C17H17F2N3O2. The van der Waals surface area contributed by atoms with Gasteiger partial charge in [0.25, 0.3) is 0 Å². The number of nitrogens with one attached hydrogen (secondary N) is 1. The van der Waals surface area contributed by atoms with E-state index in [-0.39, 0.29) is 24.4 Å². The lowest BCUT2D eigenvalue weighted by Crippen LogP contribution is -2.38. The minimum atomic E-state index is -0.661. The average molecular weight is 333 g/mol. The molecule has 0 radical (unpaired) electrons. The van der Waals surface area contributed by atoms with E-state index in [0.717, 1.165) is 23.8 Å². The molecular weight excluding hydrogens is 316 g/mol. The zero-order chi connectivity index (χ0) is 17.5. The van der Waals surface area contributed by atoms with Crippen molar-refractivity contribution < 1.29 is 18.4 Å². The van der Waals surface area contributed by atoms with Crippen molar-refractivity contribution in [3.63, 3.8) is 0 Å². The fourth-order valence-corrected chi connectivity index (χ4v) is 2.08. The van der Waals surface area contributed by atoms with Crippen LogP contribution >= 0.6 is 0 Å². The Morgan fingerprint density at radius 3 is 2.75 bits per heavy atom. The number of pyridine rings is 1. The summed E-state index contributed by atoms with van der Waals surface area (Å²) in [5, 5.41) is 2.41. The second-order valence-corrected chi connectivity index (χ2v) is 5.30.